The van der Waals surface area contributed by atoms with Crippen molar-refractivity contribution in [2.75, 3.05) is 31.5 Å². The highest BCUT2D eigenvalue weighted by Gasteiger charge is 2.30. The molecule has 0 aliphatic carbocycles. The number of piperidine rings is 1. The number of carbonyl (C=O) groups is 1. The van der Waals surface area contributed by atoms with E-state index in [1.165, 1.54) is 23.5 Å². The number of likely N-dealkylation sites (tertiary alicyclic amines) is 1. The van der Waals surface area contributed by atoms with Gasteiger partial charge in [0.25, 0.3) is 15.9 Å². The molecule has 1 aliphatic rings. The van der Waals surface area contributed by atoms with E-state index in [2.05, 4.69) is 11.9 Å². The second-order valence-electron chi connectivity index (χ2n) is 8.38. The fourth-order valence-electron chi connectivity index (χ4n) is 4.13. The van der Waals surface area contributed by atoms with Crippen LogP contribution in [0.3, 0.4) is 0 Å². The van der Waals surface area contributed by atoms with Crippen molar-refractivity contribution in [2.45, 2.75) is 30.3 Å². The molecule has 0 atom stereocenters. The lowest BCUT2D eigenvalue weighted by Crippen LogP contribution is -2.46. The van der Waals surface area contributed by atoms with E-state index in [9.17, 15) is 13.2 Å². The zero-order chi connectivity index (χ0) is 23.4. The van der Waals surface area contributed by atoms with Crippen LogP contribution in [-0.4, -0.2) is 57.4 Å². The van der Waals surface area contributed by atoms with Crippen LogP contribution in [0.1, 0.15) is 29.0 Å². The van der Waals surface area contributed by atoms with Crippen LogP contribution in [0, 0.1) is 0 Å². The Labute approximate surface area is 195 Å². The molecule has 8 heteroatoms. The Hall–Kier alpha value is -3.10. The lowest BCUT2D eigenvalue weighted by atomic mass is 10.0. The minimum absolute atomic E-state index is 0.0612. The van der Waals surface area contributed by atoms with Gasteiger partial charge < -0.3 is 14.2 Å². The highest BCUT2D eigenvalue weighted by atomic mass is 32.2. The van der Waals surface area contributed by atoms with Crippen molar-refractivity contribution >= 4 is 21.6 Å². The molecule has 1 aromatic heterocycles. The smallest absolute Gasteiger partial charge is 0.264 e. The maximum absolute atomic E-state index is 13.6. The molecule has 0 radical (unpaired) electrons. The lowest BCUT2D eigenvalue weighted by Gasteiger charge is -2.37. The summed E-state index contributed by atoms with van der Waals surface area (Å²) < 4.78 is 33.2. The quantitative estimate of drug-likeness (QED) is 0.528. The van der Waals surface area contributed by atoms with Crippen LogP contribution >= 0.6 is 0 Å². The monoisotopic (exact) mass is 467 g/mol. The van der Waals surface area contributed by atoms with E-state index < -0.39 is 10.0 Å². The number of hydrogen-bond donors (Lipinski definition) is 0. The first kappa shape index (κ1) is 23.1. The van der Waals surface area contributed by atoms with E-state index in [1.54, 1.807) is 48.7 Å². The SMILES string of the molecule is CN1CCC(N(Cc2ccco2)C(=O)c2cccc(S(=O)(=O)N(C)c3ccccc3)c2)CC1. The fraction of sp³-hybridized carbons (Fsp3) is 0.320. The molecule has 174 valence electrons. The second-order valence-corrected chi connectivity index (χ2v) is 10.4. The van der Waals surface area contributed by atoms with Gasteiger partial charge in [0.1, 0.15) is 5.76 Å². The molecule has 33 heavy (non-hydrogen) atoms. The van der Waals surface area contributed by atoms with E-state index >= 15 is 0 Å². The first-order chi connectivity index (χ1) is 15.9. The van der Waals surface area contributed by atoms with Crippen LogP contribution in [0.4, 0.5) is 5.69 Å². The Kier molecular flexibility index (Phi) is 6.85. The van der Waals surface area contributed by atoms with Crippen LogP contribution in [-0.2, 0) is 16.6 Å². The second kappa shape index (κ2) is 9.80. The molecule has 2 aromatic carbocycles. The zero-order valence-electron chi connectivity index (χ0n) is 18.9. The summed E-state index contributed by atoms with van der Waals surface area (Å²) in [5.74, 6) is 0.509. The van der Waals surface area contributed by atoms with Gasteiger partial charge in [-0.05, 0) is 75.4 Å². The molecule has 0 spiro atoms. The normalized spacial score (nSPS) is 15.3. The van der Waals surface area contributed by atoms with Crippen molar-refractivity contribution in [3.8, 4) is 0 Å². The molecule has 0 N–H and O–H groups in total. The molecular formula is C25H29N3O4S. The molecule has 3 aromatic rings. The Balaban J connectivity index is 1.63. The number of nitrogens with zero attached hydrogens (tertiary/aromatic N) is 3. The molecular weight excluding hydrogens is 438 g/mol. The first-order valence-corrected chi connectivity index (χ1v) is 12.5. The summed E-state index contributed by atoms with van der Waals surface area (Å²) in [6.07, 6.45) is 3.31. The third-order valence-corrected chi connectivity index (χ3v) is 7.94. The van der Waals surface area contributed by atoms with E-state index in [1.807, 2.05) is 17.0 Å². The molecule has 1 aliphatic heterocycles. The molecule has 1 saturated heterocycles. The van der Waals surface area contributed by atoms with Gasteiger partial charge in [-0.2, -0.15) is 0 Å². The molecule has 0 unspecified atom stereocenters. The third-order valence-electron chi connectivity index (χ3n) is 6.16. The van der Waals surface area contributed by atoms with Crippen molar-refractivity contribution in [1.82, 2.24) is 9.80 Å². The fourth-order valence-corrected chi connectivity index (χ4v) is 5.38. The summed E-state index contributed by atoms with van der Waals surface area (Å²) in [7, 11) is -0.228. The van der Waals surface area contributed by atoms with Crippen molar-refractivity contribution in [1.29, 1.82) is 0 Å². The van der Waals surface area contributed by atoms with E-state index in [4.69, 9.17) is 4.42 Å². The molecule has 1 fully saturated rings. The van der Waals surface area contributed by atoms with Crippen LogP contribution in [0.25, 0.3) is 0 Å². The first-order valence-electron chi connectivity index (χ1n) is 11.0. The molecule has 1 amide bonds. The number of sulfonamides is 1. The highest BCUT2D eigenvalue weighted by Crippen LogP contribution is 2.25. The Morgan fingerprint density at radius 3 is 2.42 bits per heavy atom. The molecule has 2 heterocycles. The van der Waals surface area contributed by atoms with Crippen molar-refractivity contribution in [2.24, 2.45) is 0 Å². The van der Waals surface area contributed by atoms with Crippen LogP contribution in [0.15, 0.2) is 82.3 Å². The summed E-state index contributed by atoms with van der Waals surface area (Å²) in [4.78, 5) is 17.8. The predicted octanol–water partition coefficient (Wildman–Crippen LogP) is 3.84. The highest BCUT2D eigenvalue weighted by molar-refractivity contribution is 7.92. The lowest BCUT2D eigenvalue weighted by molar-refractivity contribution is 0.0550. The number of amides is 1. The summed E-state index contributed by atoms with van der Waals surface area (Å²) >= 11 is 0. The molecule has 0 bridgehead atoms. The van der Waals surface area contributed by atoms with Crippen LogP contribution in [0.5, 0.6) is 0 Å². The number of carbonyl (C=O) groups excluding carboxylic acids is 1. The number of para-hydroxylation sites is 1. The summed E-state index contributed by atoms with van der Waals surface area (Å²) in [6, 6.07) is 18.9. The third kappa shape index (κ3) is 5.12. The largest absolute Gasteiger partial charge is 0.467 e. The van der Waals surface area contributed by atoms with Gasteiger partial charge in [-0.1, -0.05) is 24.3 Å². The van der Waals surface area contributed by atoms with Crippen molar-refractivity contribution in [3.63, 3.8) is 0 Å². The van der Waals surface area contributed by atoms with E-state index in [-0.39, 0.29) is 16.8 Å². The van der Waals surface area contributed by atoms with Gasteiger partial charge in [-0.25, -0.2) is 8.42 Å². The Morgan fingerprint density at radius 2 is 1.76 bits per heavy atom. The molecule has 7 nitrogen and oxygen atoms in total. The van der Waals surface area contributed by atoms with Gasteiger partial charge >= 0.3 is 0 Å². The Morgan fingerprint density at radius 1 is 1.03 bits per heavy atom. The average molecular weight is 468 g/mol. The maximum atomic E-state index is 13.6. The van der Waals surface area contributed by atoms with Crippen molar-refractivity contribution in [3.05, 3.63) is 84.3 Å². The van der Waals surface area contributed by atoms with Gasteiger partial charge in [0, 0.05) is 18.7 Å². The summed E-state index contributed by atoms with van der Waals surface area (Å²) in [5.41, 5.74) is 0.906. The van der Waals surface area contributed by atoms with E-state index in [0.29, 0.717) is 23.6 Å². The van der Waals surface area contributed by atoms with Crippen LogP contribution in [0.2, 0.25) is 0 Å². The number of hydrogen-bond acceptors (Lipinski definition) is 5. The topological polar surface area (TPSA) is 74.1 Å². The number of furan rings is 1. The maximum Gasteiger partial charge on any atom is 0.264 e. The van der Waals surface area contributed by atoms with Gasteiger partial charge in [0.05, 0.1) is 23.4 Å². The molecule has 0 saturated carbocycles. The van der Waals surface area contributed by atoms with Gasteiger partial charge in [-0.3, -0.25) is 9.10 Å². The van der Waals surface area contributed by atoms with Gasteiger partial charge in [0.15, 0.2) is 0 Å². The average Bonchev–Trinajstić information content (AvgIpc) is 3.36. The van der Waals surface area contributed by atoms with Gasteiger partial charge in [0.2, 0.25) is 0 Å². The summed E-state index contributed by atoms with van der Waals surface area (Å²) in [6.45, 7) is 2.16. The Bertz CT molecular complexity index is 1170. The minimum atomic E-state index is -3.82. The number of rotatable bonds is 7. The van der Waals surface area contributed by atoms with Crippen LogP contribution < -0.4 is 4.31 Å². The summed E-state index contributed by atoms with van der Waals surface area (Å²) in [5, 5.41) is 0. The molecule has 4 rings (SSSR count). The minimum Gasteiger partial charge on any atom is -0.467 e. The number of benzene rings is 2. The zero-order valence-corrected chi connectivity index (χ0v) is 19.7. The standard InChI is InChI=1S/C25H29N3O4S/c1-26-15-13-22(14-16-26)28(19-23-11-7-17-32-23)25(29)20-8-6-12-24(18-20)33(30,31)27(2)21-9-4-3-5-10-21/h3-12,17-18,22H,13-16,19H2,1-2H3. The van der Waals surface area contributed by atoms with Crippen molar-refractivity contribution < 1.29 is 17.6 Å². The number of anilines is 1. The van der Waals surface area contributed by atoms with E-state index in [0.717, 1.165) is 25.9 Å². The van der Waals surface area contributed by atoms with Gasteiger partial charge in [-0.15, -0.1) is 0 Å². The predicted molar refractivity (Wildman–Crippen MR) is 128 cm³/mol.